The van der Waals surface area contributed by atoms with Gasteiger partial charge in [-0.25, -0.2) is 9.37 Å². The first-order valence-corrected chi connectivity index (χ1v) is 5.52. The summed E-state index contributed by atoms with van der Waals surface area (Å²) in [6.07, 6.45) is 7.50. The standard InChI is InChI=1S/C12H15FN4/c1-14-3-2-12-8-17(9-16-12)7-10-4-11(13)6-15-5-10/h4-6,8-9,14H,2-3,7H2,1H3. The predicted octanol–water partition coefficient (Wildman–Crippen LogP) is 1.23. The molecule has 0 aliphatic carbocycles. The number of imidazole rings is 1. The number of likely N-dealkylation sites (N-methyl/N-ethyl adjacent to an activating group) is 1. The number of rotatable bonds is 5. The van der Waals surface area contributed by atoms with Crippen molar-refractivity contribution in [1.82, 2.24) is 19.9 Å². The van der Waals surface area contributed by atoms with Gasteiger partial charge in [-0.1, -0.05) is 0 Å². The predicted molar refractivity (Wildman–Crippen MR) is 63.2 cm³/mol. The summed E-state index contributed by atoms with van der Waals surface area (Å²) in [5, 5.41) is 3.07. The third-order valence-electron chi connectivity index (χ3n) is 2.44. The van der Waals surface area contributed by atoms with Crippen LogP contribution in [-0.2, 0) is 13.0 Å². The lowest BCUT2D eigenvalue weighted by Crippen LogP contribution is -2.10. The second-order valence-electron chi connectivity index (χ2n) is 3.90. The highest BCUT2D eigenvalue weighted by Gasteiger charge is 2.01. The molecule has 0 aromatic carbocycles. The van der Waals surface area contributed by atoms with Gasteiger partial charge in [0.1, 0.15) is 5.82 Å². The Hall–Kier alpha value is -1.75. The lowest BCUT2D eigenvalue weighted by atomic mass is 10.3. The molecule has 4 nitrogen and oxygen atoms in total. The molecule has 2 aromatic heterocycles. The zero-order chi connectivity index (χ0) is 12.1. The Morgan fingerprint density at radius 1 is 1.41 bits per heavy atom. The van der Waals surface area contributed by atoms with Crippen LogP contribution in [-0.4, -0.2) is 28.1 Å². The molecule has 0 saturated carbocycles. The molecule has 1 N–H and O–H groups in total. The van der Waals surface area contributed by atoms with Crippen molar-refractivity contribution >= 4 is 0 Å². The van der Waals surface area contributed by atoms with E-state index in [9.17, 15) is 4.39 Å². The molecule has 0 fully saturated rings. The summed E-state index contributed by atoms with van der Waals surface area (Å²) in [6.45, 7) is 1.50. The van der Waals surface area contributed by atoms with E-state index in [0.717, 1.165) is 24.2 Å². The van der Waals surface area contributed by atoms with Gasteiger partial charge in [0, 0.05) is 25.4 Å². The van der Waals surface area contributed by atoms with Crippen molar-refractivity contribution in [3.8, 4) is 0 Å². The van der Waals surface area contributed by atoms with E-state index in [-0.39, 0.29) is 5.82 Å². The van der Waals surface area contributed by atoms with Gasteiger partial charge in [-0.3, -0.25) is 4.98 Å². The average molecular weight is 234 g/mol. The molecule has 0 spiro atoms. The van der Waals surface area contributed by atoms with Gasteiger partial charge in [-0.2, -0.15) is 0 Å². The van der Waals surface area contributed by atoms with Crippen molar-refractivity contribution in [2.75, 3.05) is 13.6 Å². The molecule has 0 aliphatic heterocycles. The molecule has 2 heterocycles. The van der Waals surface area contributed by atoms with E-state index in [4.69, 9.17) is 0 Å². The Kier molecular flexibility index (Phi) is 3.82. The first-order valence-electron chi connectivity index (χ1n) is 5.52. The SMILES string of the molecule is CNCCc1cn(Cc2cncc(F)c2)cn1. The first-order chi connectivity index (χ1) is 8.28. The van der Waals surface area contributed by atoms with Crippen LogP contribution in [0.5, 0.6) is 0 Å². The van der Waals surface area contributed by atoms with E-state index in [1.807, 2.05) is 17.8 Å². The largest absolute Gasteiger partial charge is 0.333 e. The topological polar surface area (TPSA) is 42.7 Å². The quantitative estimate of drug-likeness (QED) is 0.846. The second kappa shape index (κ2) is 5.54. The molecular weight excluding hydrogens is 219 g/mol. The van der Waals surface area contributed by atoms with Gasteiger partial charge in [0.2, 0.25) is 0 Å². The fourth-order valence-corrected chi connectivity index (χ4v) is 1.63. The molecule has 0 radical (unpaired) electrons. The fraction of sp³-hybridized carbons (Fsp3) is 0.333. The van der Waals surface area contributed by atoms with E-state index in [0.29, 0.717) is 6.54 Å². The normalized spacial score (nSPS) is 10.7. The van der Waals surface area contributed by atoms with Crippen LogP contribution in [0.25, 0.3) is 0 Å². The van der Waals surface area contributed by atoms with Crippen LogP contribution >= 0.6 is 0 Å². The molecule has 2 aromatic rings. The van der Waals surface area contributed by atoms with Crippen molar-refractivity contribution < 1.29 is 4.39 Å². The van der Waals surface area contributed by atoms with E-state index in [1.54, 1.807) is 12.5 Å². The highest BCUT2D eigenvalue weighted by Crippen LogP contribution is 2.05. The van der Waals surface area contributed by atoms with Crippen LogP contribution < -0.4 is 5.32 Å². The summed E-state index contributed by atoms with van der Waals surface area (Å²) in [6, 6.07) is 1.49. The Bertz CT molecular complexity index is 481. The highest BCUT2D eigenvalue weighted by molar-refractivity contribution is 5.11. The first kappa shape index (κ1) is 11.7. The molecule has 0 amide bonds. The molecule has 17 heavy (non-hydrogen) atoms. The smallest absolute Gasteiger partial charge is 0.141 e. The maximum absolute atomic E-state index is 12.9. The molecule has 0 aliphatic rings. The van der Waals surface area contributed by atoms with Crippen molar-refractivity contribution in [3.63, 3.8) is 0 Å². The van der Waals surface area contributed by atoms with Crippen LogP contribution in [0.15, 0.2) is 31.0 Å². The minimum absolute atomic E-state index is 0.307. The Balaban J connectivity index is 2.01. The van der Waals surface area contributed by atoms with Crippen molar-refractivity contribution in [2.24, 2.45) is 0 Å². The number of nitrogens with one attached hydrogen (secondary N) is 1. The number of hydrogen-bond donors (Lipinski definition) is 1. The highest BCUT2D eigenvalue weighted by atomic mass is 19.1. The number of aromatic nitrogens is 3. The fourth-order valence-electron chi connectivity index (χ4n) is 1.63. The second-order valence-corrected chi connectivity index (χ2v) is 3.90. The van der Waals surface area contributed by atoms with Gasteiger partial charge in [-0.05, 0) is 18.7 Å². The Labute approximate surface area is 99.5 Å². The van der Waals surface area contributed by atoms with Gasteiger partial charge in [-0.15, -0.1) is 0 Å². The van der Waals surface area contributed by atoms with Crippen LogP contribution in [0.3, 0.4) is 0 Å². The molecule has 90 valence electrons. The number of nitrogens with zero attached hydrogens (tertiary/aromatic N) is 3. The molecule has 2 rings (SSSR count). The molecular formula is C12H15FN4. The summed E-state index contributed by atoms with van der Waals surface area (Å²) in [5.74, 6) is -0.307. The third-order valence-corrected chi connectivity index (χ3v) is 2.44. The van der Waals surface area contributed by atoms with E-state index in [2.05, 4.69) is 15.3 Å². The number of pyridine rings is 1. The molecule has 5 heteroatoms. The summed E-state index contributed by atoms with van der Waals surface area (Å²) in [5.41, 5.74) is 1.87. The van der Waals surface area contributed by atoms with E-state index < -0.39 is 0 Å². The lowest BCUT2D eigenvalue weighted by Gasteiger charge is -2.01. The Morgan fingerprint density at radius 2 is 2.29 bits per heavy atom. The van der Waals surface area contributed by atoms with E-state index >= 15 is 0 Å². The summed E-state index contributed by atoms with van der Waals surface area (Å²) >= 11 is 0. The summed E-state index contributed by atoms with van der Waals surface area (Å²) in [7, 11) is 1.91. The number of halogens is 1. The van der Waals surface area contributed by atoms with E-state index in [1.165, 1.54) is 12.3 Å². The van der Waals surface area contributed by atoms with Gasteiger partial charge in [0.05, 0.1) is 24.8 Å². The monoisotopic (exact) mass is 234 g/mol. The van der Waals surface area contributed by atoms with Crippen LogP contribution in [0, 0.1) is 5.82 Å². The van der Waals surface area contributed by atoms with Crippen LogP contribution in [0.4, 0.5) is 4.39 Å². The number of hydrogen-bond acceptors (Lipinski definition) is 3. The molecule has 0 saturated heterocycles. The zero-order valence-electron chi connectivity index (χ0n) is 9.73. The third kappa shape index (κ3) is 3.35. The van der Waals surface area contributed by atoms with Crippen molar-refractivity contribution in [1.29, 1.82) is 0 Å². The molecule has 0 bridgehead atoms. The molecule has 0 atom stereocenters. The van der Waals surface area contributed by atoms with Crippen molar-refractivity contribution in [2.45, 2.75) is 13.0 Å². The summed E-state index contributed by atoms with van der Waals surface area (Å²) in [4.78, 5) is 8.10. The average Bonchev–Trinajstić information content (AvgIpc) is 2.74. The zero-order valence-corrected chi connectivity index (χ0v) is 9.73. The van der Waals surface area contributed by atoms with Gasteiger partial charge >= 0.3 is 0 Å². The summed E-state index contributed by atoms with van der Waals surface area (Å²) < 4.78 is 14.9. The lowest BCUT2D eigenvalue weighted by molar-refractivity contribution is 0.616. The molecule has 0 unspecified atom stereocenters. The van der Waals surface area contributed by atoms with Gasteiger partial charge < -0.3 is 9.88 Å². The Morgan fingerprint density at radius 3 is 3.06 bits per heavy atom. The minimum atomic E-state index is -0.307. The van der Waals surface area contributed by atoms with Crippen molar-refractivity contribution in [3.05, 3.63) is 48.1 Å². The van der Waals surface area contributed by atoms with Crippen LogP contribution in [0.2, 0.25) is 0 Å². The van der Waals surface area contributed by atoms with Crippen LogP contribution in [0.1, 0.15) is 11.3 Å². The van der Waals surface area contributed by atoms with Gasteiger partial charge in [0.15, 0.2) is 0 Å². The maximum Gasteiger partial charge on any atom is 0.141 e. The maximum atomic E-state index is 12.9. The minimum Gasteiger partial charge on any atom is -0.333 e. The van der Waals surface area contributed by atoms with Gasteiger partial charge in [0.25, 0.3) is 0 Å².